The molecule has 2 rings (SSSR count). The van der Waals surface area contributed by atoms with Crippen LogP contribution < -0.4 is 34.0 Å². The predicted molar refractivity (Wildman–Crippen MR) is 80.4 cm³/mol. The molecule has 4 heteroatoms. The molecule has 3 radical (unpaired) electrons. The van der Waals surface area contributed by atoms with E-state index in [0.29, 0.717) is 0 Å². The van der Waals surface area contributed by atoms with Crippen molar-refractivity contribution in [2.24, 2.45) is 0 Å². The van der Waals surface area contributed by atoms with Gasteiger partial charge < -0.3 is 34.0 Å². The first-order chi connectivity index (χ1) is 8.24. The quantitative estimate of drug-likeness (QED) is 0.380. The summed E-state index contributed by atoms with van der Waals surface area (Å²) in [5.74, 6) is 0. The molecule has 2 aromatic carbocycles. The Hall–Kier alpha value is 0.890. The van der Waals surface area contributed by atoms with Gasteiger partial charge in [-0.1, -0.05) is 45.8 Å². The van der Waals surface area contributed by atoms with Crippen molar-refractivity contribution in [2.75, 3.05) is 0 Å². The van der Waals surface area contributed by atoms with Crippen LogP contribution in [0.25, 0.3) is 10.8 Å². The molecular weight excluding hydrogens is 471 g/mol. The van der Waals surface area contributed by atoms with Gasteiger partial charge in [0.05, 0.1) is 0 Å². The van der Waals surface area contributed by atoms with E-state index >= 15 is 0 Å². The molecule has 0 saturated carbocycles. The van der Waals surface area contributed by atoms with E-state index in [0.717, 1.165) is 6.42 Å². The van der Waals surface area contributed by atoms with E-state index < -0.39 is 0 Å². The molecular formula is C16H23Br2SiZr. The second kappa shape index (κ2) is 14.8. The van der Waals surface area contributed by atoms with Gasteiger partial charge in [-0.15, -0.1) is 40.6 Å². The summed E-state index contributed by atoms with van der Waals surface area (Å²) in [6.45, 7) is 8.87. The van der Waals surface area contributed by atoms with Crippen LogP contribution in [0.1, 0.15) is 31.9 Å². The van der Waals surface area contributed by atoms with Gasteiger partial charge in [-0.3, -0.25) is 0 Å². The monoisotopic (exact) mass is 491 g/mol. The number of hydrogen-bond acceptors (Lipinski definition) is 0. The van der Waals surface area contributed by atoms with Crippen LogP contribution >= 0.6 is 0 Å². The third-order valence-corrected chi connectivity index (χ3v) is 4.06. The van der Waals surface area contributed by atoms with Gasteiger partial charge in [0.2, 0.25) is 0 Å². The minimum absolute atomic E-state index is 0. The standard InChI is InChI=1S/C12H13.C4H10Si.2BrH.Zr/c1-3-10-8-11-6-4-5-7-12(11)9(10)2;1-3-5-4-2;;;/h4-8H,3H2,1-2H3;3-4H2,1-2H3;2*1H;/q-1;;;;+3/p-2. The van der Waals surface area contributed by atoms with Crippen molar-refractivity contribution in [3.05, 3.63) is 41.5 Å². The van der Waals surface area contributed by atoms with Crippen LogP contribution in [-0.2, 0) is 32.6 Å². The average molecular weight is 494 g/mol. The van der Waals surface area contributed by atoms with Crippen molar-refractivity contribution in [1.29, 1.82) is 0 Å². The smallest absolute Gasteiger partial charge is 1.00 e. The fourth-order valence-electron chi connectivity index (χ4n) is 2.05. The summed E-state index contributed by atoms with van der Waals surface area (Å²) in [4.78, 5) is 0. The first kappa shape index (κ1) is 25.8. The van der Waals surface area contributed by atoms with Crippen LogP contribution in [0.2, 0.25) is 12.1 Å². The maximum atomic E-state index is 2.30. The zero-order valence-electron chi connectivity index (χ0n) is 12.8. The van der Waals surface area contributed by atoms with Gasteiger partial charge in [-0.25, -0.2) is 0 Å². The summed E-state index contributed by atoms with van der Waals surface area (Å²) in [7, 11) is 1.20. The van der Waals surface area contributed by atoms with Gasteiger partial charge in [0.15, 0.2) is 0 Å². The Labute approximate surface area is 167 Å². The fraction of sp³-hybridized carbons (Fsp3) is 0.438. The van der Waals surface area contributed by atoms with Gasteiger partial charge in [-0.2, -0.15) is 5.56 Å². The normalized spacial score (nSPS) is 8.60. The van der Waals surface area contributed by atoms with Crippen molar-refractivity contribution >= 4 is 20.3 Å². The Morgan fingerprint density at radius 1 is 1.00 bits per heavy atom. The van der Waals surface area contributed by atoms with Crippen LogP contribution in [0.4, 0.5) is 0 Å². The Balaban J connectivity index is -0.000000322. The minimum Gasteiger partial charge on any atom is -1.00 e. The summed E-state index contributed by atoms with van der Waals surface area (Å²) in [5.41, 5.74) is 2.93. The Morgan fingerprint density at radius 2 is 1.55 bits per heavy atom. The summed E-state index contributed by atoms with van der Waals surface area (Å²) >= 11 is 0. The first-order valence-corrected chi connectivity index (χ1v) is 8.00. The molecule has 0 aromatic heterocycles. The van der Waals surface area contributed by atoms with Crippen LogP contribution in [0.5, 0.6) is 0 Å². The maximum Gasteiger partial charge on any atom is 3.00 e. The molecule has 0 aliphatic carbocycles. The molecule has 0 heterocycles. The largest absolute Gasteiger partial charge is 3.00 e. The SMILES string of the molecule is CC[Si]CC.CCc1[cH-]c2ccccc2c1C.[Br-].[Br-].[Zr+3]. The van der Waals surface area contributed by atoms with E-state index in [1.807, 2.05) is 0 Å². The Morgan fingerprint density at radius 3 is 1.95 bits per heavy atom. The number of benzene rings is 1. The van der Waals surface area contributed by atoms with E-state index in [9.17, 15) is 0 Å². The van der Waals surface area contributed by atoms with Crippen molar-refractivity contribution < 1.29 is 60.2 Å². The number of halogens is 2. The number of fused-ring (bicyclic) bond motifs is 1. The first-order valence-electron chi connectivity index (χ1n) is 6.59. The molecule has 0 atom stereocenters. The van der Waals surface area contributed by atoms with Gasteiger partial charge >= 0.3 is 26.2 Å². The second-order valence-electron chi connectivity index (χ2n) is 4.19. The summed E-state index contributed by atoms with van der Waals surface area (Å²) in [6.07, 6.45) is 1.14. The van der Waals surface area contributed by atoms with Crippen molar-refractivity contribution in [1.82, 2.24) is 0 Å². The molecule has 0 aliphatic heterocycles. The third kappa shape index (κ3) is 7.77. The van der Waals surface area contributed by atoms with Crippen LogP contribution in [0.15, 0.2) is 30.3 Å². The zero-order valence-corrected chi connectivity index (χ0v) is 19.4. The molecule has 0 N–H and O–H groups in total. The predicted octanol–water partition coefficient (Wildman–Crippen LogP) is -0.998. The van der Waals surface area contributed by atoms with Crippen molar-refractivity contribution in [2.45, 2.75) is 46.2 Å². The summed E-state index contributed by atoms with van der Waals surface area (Å²) in [6, 6.07) is 13.6. The molecule has 0 unspecified atom stereocenters. The van der Waals surface area contributed by atoms with Gasteiger partial charge in [0.25, 0.3) is 0 Å². The molecule has 0 bridgehead atoms. The molecule has 0 nitrogen and oxygen atoms in total. The zero-order chi connectivity index (χ0) is 12.7. The number of aryl methyl sites for hydroxylation is 2. The van der Waals surface area contributed by atoms with E-state index in [4.69, 9.17) is 0 Å². The molecule has 0 saturated heterocycles. The number of hydrogen-bond donors (Lipinski definition) is 0. The third-order valence-electron chi connectivity index (χ3n) is 3.06. The number of rotatable bonds is 3. The van der Waals surface area contributed by atoms with E-state index in [1.54, 1.807) is 0 Å². The molecule has 0 fully saturated rings. The molecule has 20 heavy (non-hydrogen) atoms. The Kier molecular flexibility index (Phi) is 19.1. The minimum atomic E-state index is 0. The average Bonchev–Trinajstić information content (AvgIpc) is 2.69. The van der Waals surface area contributed by atoms with E-state index in [2.05, 4.69) is 58.0 Å². The summed E-state index contributed by atoms with van der Waals surface area (Å²) < 4.78 is 0. The molecule has 0 amide bonds. The Bertz CT molecular complexity index is 453. The molecule has 0 aliphatic rings. The maximum absolute atomic E-state index is 2.30. The molecule has 0 spiro atoms. The van der Waals surface area contributed by atoms with Crippen LogP contribution in [0, 0.1) is 6.92 Å². The van der Waals surface area contributed by atoms with E-state index in [1.165, 1.54) is 43.5 Å². The summed E-state index contributed by atoms with van der Waals surface area (Å²) in [5, 5.41) is 2.79. The molecule has 109 valence electrons. The van der Waals surface area contributed by atoms with Gasteiger partial charge in [0, 0.05) is 9.52 Å². The molecule has 2 aromatic rings. The van der Waals surface area contributed by atoms with Crippen LogP contribution in [0.3, 0.4) is 0 Å². The topological polar surface area (TPSA) is 0 Å². The van der Waals surface area contributed by atoms with Crippen LogP contribution in [-0.4, -0.2) is 9.52 Å². The second-order valence-corrected chi connectivity index (χ2v) is 6.11. The van der Waals surface area contributed by atoms with Gasteiger partial charge in [-0.05, 0) is 6.42 Å². The fourth-order valence-corrected chi connectivity index (χ4v) is 2.55. The van der Waals surface area contributed by atoms with Crippen molar-refractivity contribution in [3.8, 4) is 0 Å². The van der Waals surface area contributed by atoms with Gasteiger partial charge in [0.1, 0.15) is 0 Å². The van der Waals surface area contributed by atoms with Crippen molar-refractivity contribution in [3.63, 3.8) is 0 Å². The van der Waals surface area contributed by atoms with E-state index in [-0.39, 0.29) is 60.2 Å².